The predicted molar refractivity (Wildman–Crippen MR) is 96.7 cm³/mol. The number of hydrogen-bond donors (Lipinski definition) is 1. The smallest absolute Gasteiger partial charge is 0.339 e. The molecule has 0 unspecified atom stereocenters. The van der Waals surface area contributed by atoms with Crippen molar-refractivity contribution in [3.8, 4) is 5.75 Å². The Labute approximate surface area is 146 Å². The minimum Gasteiger partial charge on any atom is -0.489 e. The third kappa shape index (κ3) is 4.12. The monoisotopic (exact) mass is 331 g/mol. The first kappa shape index (κ1) is 16.5. The van der Waals surface area contributed by atoms with Gasteiger partial charge in [-0.1, -0.05) is 48.5 Å². The second-order valence-electron chi connectivity index (χ2n) is 5.34. The minimum atomic E-state index is -1.00. The minimum absolute atomic E-state index is 0.151. The summed E-state index contributed by atoms with van der Waals surface area (Å²) in [5.41, 5.74) is 3.16. The molecule has 0 bridgehead atoms. The summed E-state index contributed by atoms with van der Waals surface area (Å²) in [6.07, 6.45) is 5.46. The van der Waals surface area contributed by atoms with Crippen LogP contribution in [0.25, 0.3) is 5.57 Å². The van der Waals surface area contributed by atoms with E-state index in [0.717, 1.165) is 16.7 Å². The molecule has 2 aromatic carbocycles. The normalized spacial score (nSPS) is 11.1. The number of aromatic nitrogens is 1. The molecule has 25 heavy (non-hydrogen) atoms. The zero-order valence-electron chi connectivity index (χ0n) is 13.5. The van der Waals surface area contributed by atoms with Crippen LogP contribution in [0.4, 0.5) is 0 Å². The summed E-state index contributed by atoms with van der Waals surface area (Å²) in [7, 11) is 0. The van der Waals surface area contributed by atoms with Gasteiger partial charge in [-0.3, -0.25) is 4.98 Å². The van der Waals surface area contributed by atoms with Crippen molar-refractivity contribution in [1.82, 2.24) is 4.98 Å². The molecule has 1 aromatic heterocycles. The van der Waals surface area contributed by atoms with Gasteiger partial charge in [0.1, 0.15) is 17.9 Å². The molecule has 4 heteroatoms. The van der Waals surface area contributed by atoms with Crippen LogP contribution in [-0.4, -0.2) is 22.7 Å². The first-order valence-electron chi connectivity index (χ1n) is 7.87. The van der Waals surface area contributed by atoms with Gasteiger partial charge in [-0.15, -0.1) is 0 Å². The molecular weight excluding hydrogens is 314 g/mol. The summed E-state index contributed by atoms with van der Waals surface area (Å²) in [5.74, 6) is -0.653. The Bertz CT molecular complexity index is 832. The van der Waals surface area contributed by atoms with Crippen molar-refractivity contribution >= 4 is 11.5 Å². The number of ether oxygens (including phenoxy) is 1. The van der Waals surface area contributed by atoms with Crippen molar-refractivity contribution in [2.75, 3.05) is 6.61 Å². The lowest BCUT2D eigenvalue weighted by Gasteiger charge is -2.10. The zero-order chi connectivity index (χ0) is 17.5. The highest BCUT2D eigenvalue weighted by Gasteiger charge is 2.10. The van der Waals surface area contributed by atoms with Crippen molar-refractivity contribution in [3.63, 3.8) is 0 Å². The molecule has 0 fully saturated rings. The number of rotatable bonds is 6. The molecule has 124 valence electrons. The van der Waals surface area contributed by atoms with Gasteiger partial charge in [0.25, 0.3) is 0 Å². The average Bonchev–Trinajstić information content (AvgIpc) is 2.67. The molecule has 0 amide bonds. The van der Waals surface area contributed by atoms with Crippen LogP contribution in [0.5, 0.6) is 5.75 Å². The van der Waals surface area contributed by atoms with Crippen LogP contribution in [-0.2, 0) is 0 Å². The molecule has 0 aliphatic rings. The Morgan fingerprint density at radius 2 is 1.68 bits per heavy atom. The van der Waals surface area contributed by atoms with Crippen LogP contribution >= 0.6 is 0 Å². The van der Waals surface area contributed by atoms with Gasteiger partial charge in [-0.2, -0.15) is 0 Å². The second kappa shape index (κ2) is 7.93. The Hall–Kier alpha value is -3.40. The van der Waals surface area contributed by atoms with Crippen molar-refractivity contribution < 1.29 is 14.6 Å². The third-order valence-corrected chi connectivity index (χ3v) is 3.70. The molecule has 4 nitrogen and oxygen atoms in total. The topological polar surface area (TPSA) is 59.4 Å². The molecule has 1 heterocycles. The van der Waals surface area contributed by atoms with Gasteiger partial charge >= 0.3 is 5.97 Å². The number of pyridine rings is 1. The molecule has 0 saturated heterocycles. The average molecular weight is 331 g/mol. The summed E-state index contributed by atoms with van der Waals surface area (Å²) in [5, 5.41) is 9.23. The molecule has 0 spiro atoms. The summed E-state index contributed by atoms with van der Waals surface area (Å²) in [6.45, 7) is 0.253. The Morgan fingerprint density at radius 1 is 0.960 bits per heavy atom. The van der Waals surface area contributed by atoms with Crippen molar-refractivity contribution in [2.45, 2.75) is 0 Å². The first-order chi connectivity index (χ1) is 12.3. The highest BCUT2D eigenvalue weighted by atomic mass is 16.5. The predicted octanol–water partition coefficient (Wildman–Crippen LogP) is 4.29. The Balaban J connectivity index is 1.87. The van der Waals surface area contributed by atoms with Crippen LogP contribution in [0.3, 0.4) is 0 Å². The maximum Gasteiger partial charge on any atom is 0.339 e. The summed E-state index contributed by atoms with van der Waals surface area (Å²) in [4.78, 5) is 15.4. The highest BCUT2D eigenvalue weighted by molar-refractivity contribution is 5.90. The number of carboxylic acid groups (broad SMARTS) is 1. The van der Waals surface area contributed by atoms with Gasteiger partial charge in [-0.25, -0.2) is 4.79 Å². The van der Waals surface area contributed by atoms with Gasteiger partial charge in [-0.05, 0) is 35.4 Å². The first-order valence-corrected chi connectivity index (χ1v) is 7.87. The van der Waals surface area contributed by atoms with Crippen LogP contribution < -0.4 is 4.74 Å². The van der Waals surface area contributed by atoms with Crippen LogP contribution in [0.15, 0.2) is 85.2 Å². The molecule has 0 atom stereocenters. The molecule has 0 aliphatic heterocycles. The van der Waals surface area contributed by atoms with E-state index < -0.39 is 5.97 Å². The molecule has 0 radical (unpaired) electrons. The molecule has 1 N–H and O–H groups in total. The summed E-state index contributed by atoms with van der Waals surface area (Å²) in [6, 6.07) is 20.4. The van der Waals surface area contributed by atoms with Crippen molar-refractivity contribution in [1.29, 1.82) is 0 Å². The molecule has 3 aromatic rings. The van der Waals surface area contributed by atoms with Crippen molar-refractivity contribution in [3.05, 3.63) is 102 Å². The van der Waals surface area contributed by atoms with E-state index >= 15 is 0 Å². The fourth-order valence-electron chi connectivity index (χ4n) is 2.53. The van der Waals surface area contributed by atoms with E-state index in [1.807, 2.05) is 48.5 Å². The lowest BCUT2D eigenvalue weighted by atomic mass is 9.99. The fourth-order valence-corrected chi connectivity index (χ4v) is 2.53. The summed E-state index contributed by atoms with van der Waals surface area (Å²) < 4.78 is 5.69. The number of aromatic carboxylic acids is 1. The Kier molecular flexibility index (Phi) is 5.22. The number of nitrogens with zero attached hydrogens (tertiary/aromatic N) is 1. The van der Waals surface area contributed by atoms with Gasteiger partial charge in [0, 0.05) is 18.0 Å². The number of benzene rings is 2. The molecular formula is C21H17NO3. The van der Waals surface area contributed by atoms with Crippen LogP contribution in [0.1, 0.15) is 21.5 Å². The van der Waals surface area contributed by atoms with Gasteiger partial charge < -0.3 is 9.84 Å². The van der Waals surface area contributed by atoms with Gasteiger partial charge in [0.2, 0.25) is 0 Å². The largest absolute Gasteiger partial charge is 0.489 e. The number of carboxylic acids is 1. The summed E-state index contributed by atoms with van der Waals surface area (Å²) >= 11 is 0. The maximum absolute atomic E-state index is 11.3. The van der Waals surface area contributed by atoms with Gasteiger partial charge in [0.15, 0.2) is 0 Å². The molecule has 0 saturated carbocycles. The molecule has 0 aliphatic carbocycles. The van der Waals surface area contributed by atoms with E-state index in [1.165, 1.54) is 6.07 Å². The quantitative estimate of drug-likeness (QED) is 0.732. The standard InChI is InChI=1S/C21H17NO3/c23-21(24)19-10-4-5-11-20(19)25-14-12-18(16-7-2-1-3-8-16)17-9-6-13-22-15-17/h1-13,15H,14H2,(H,23,24). The highest BCUT2D eigenvalue weighted by Crippen LogP contribution is 2.23. The second-order valence-corrected chi connectivity index (χ2v) is 5.34. The van der Waals surface area contributed by atoms with Crippen LogP contribution in [0.2, 0.25) is 0 Å². The third-order valence-electron chi connectivity index (χ3n) is 3.70. The van der Waals surface area contributed by atoms with E-state index in [1.54, 1.807) is 30.6 Å². The number of para-hydroxylation sites is 1. The Morgan fingerprint density at radius 3 is 2.40 bits per heavy atom. The molecule has 3 rings (SSSR count). The van der Waals surface area contributed by atoms with Crippen LogP contribution in [0, 0.1) is 0 Å². The lowest BCUT2D eigenvalue weighted by Crippen LogP contribution is -2.03. The van der Waals surface area contributed by atoms with E-state index in [-0.39, 0.29) is 12.2 Å². The maximum atomic E-state index is 11.3. The number of carbonyl (C=O) groups is 1. The van der Waals surface area contributed by atoms with E-state index in [2.05, 4.69) is 4.98 Å². The SMILES string of the molecule is O=C(O)c1ccccc1OCC=C(c1ccccc1)c1cccnc1. The van der Waals surface area contributed by atoms with E-state index in [4.69, 9.17) is 4.74 Å². The fraction of sp³-hybridized carbons (Fsp3) is 0.0476. The van der Waals surface area contributed by atoms with Crippen molar-refractivity contribution in [2.24, 2.45) is 0 Å². The number of hydrogen-bond acceptors (Lipinski definition) is 3. The zero-order valence-corrected chi connectivity index (χ0v) is 13.5. The van der Waals surface area contributed by atoms with E-state index in [9.17, 15) is 9.90 Å². The van der Waals surface area contributed by atoms with Gasteiger partial charge in [0.05, 0.1) is 0 Å². The van der Waals surface area contributed by atoms with E-state index in [0.29, 0.717) is 5.75 Å². The lowest BCUT2D eigenvalue weighted by molar-refractivity contribution is 0.0693.